The van der Waals surface area contributed by atoms with Crippen LogP contribution >= 0.6 is 0 Å². The molecule has 0 aromatic heterocycles. The molecule has 2 rings (SSSR count). The molecule has 2 saturated carbocycles. The second-order valence-corrected chi connectivity index (χ2v) is 5.15. The quantitative estimate of drug-likeness (QED) is 0.162. The summed E-state index contributed by atoms with van der Waals surface area (Å²) in [6.07, 6.45) is 21.0. The van der Waals surface area contributed by atoms with Crippen molar-refractivity contribution in [3.63, 3.8) is 0 Å². The fourth-order valence-electron chi connectivity index (χ4n) is 2.37. The molecule has 0 aromatic carbocycles. The second kappa shape index (κ2) is 127. The first-order valence-electron chi connectivity index (χ1n) is 12.9. The van der Waals surface area contributed by atoms with E-state index in [4.69, 9.17) is 10.8 Å². The molecule has 204 valence electrons. The average Bonchev–Trinajstić information content (AvgIpc) is 2.90. The summed E-state index contributed by atoms with van der Waals surface area (Å²) in [5.41, 5.74) is 0. The molecule has 32 heavy (non-hydrogen) atoms. The van der Waals surface area contributed by atoms with E-state index in [2.05, 4.69) is 32.4 Å². The van der Waals surface area contributed by atoms with Crippen LogP contribution in [0.2, 0.25) is 0 Å². The van der Waals surface area contributed by atoms with Crippen LogP contribution in [0, 0.1) is 29.0 Å². The standard InChI is InChI=1S/C7H14.C6H12.C3H4.5C2H6.C2H4.N2.H3N.Pt/c1-7-5-3-2-4-6-7;1-2-4-6-5-3-1;1-3-2;7*1-2;;/h7H,2-6H2,1H3;1-6H2;1H,2H3;5*1-2H3;1-2H2;;1H3;. The molecule has 2 fully saturated rings. The number of hydrogen-bond donors (Lipinski definition) is 1. The summed E-state index contributed by atoms with van der Waals surface area (Å²) >= 11 is 0. The largest absolute Gasteiger partial charge is 0.344 e. The third-order valence-corrected chi connectivity index (χ3v) is 3.39. The molecule has 0 heterocycles. The smallest absolute Gasteiger partial charge is 0 e. The minimum atomic E-state index is 0. The molecule has 4 heteroatoms. The summed E-state index contributed by atoms with van der Waals surface area (Å²) in [5.74, 6) is 3.29. The van der Waals surface area contributed by atoms with Crippen molar-refractivity contribution in [1.29, 1.82) is 10.8 Å². The van der Waals surface area contributed by atoms with Gasteiger partial charge >= 0.3 is 0 Å². The van der Waals surface area contributed by atoms with Gasteiger partial charge in [-0.3, -0.25) is 0 Å². The minimum Gasteiger partial charge on any atom is -0.344 e. The van der Waals surface area contributed by atoms with Crippen molar-refractivity contribution in [2.75, 3.05) is 0 Å². The van der Waals surface area contributed by atoms with Crippen LogP contribution in [0.3, 0.4) is 0 Å². The van der Waals surface area contributed by atoms with Gasteiger partial charge in [0.2, 0.25) is 0 Å². The van der Waals surface area contributed by atoms with Gasteiger partial charge in [0.25, 0.3) is 0 Å². The molecule has 0 aromatic rings. The fourth-order valence-corrected chi connectivity index (χ4v) is 2.37. The van der Waals surface area contributed by atoms with E-state index >= 15 is 0 Å². The van der Waals surface area contributed by atoms with Gasteiger partial charge in [-0.05, 0) is 12.8 Å². The van der Waals surface area contributed by atoms with Crippen LogP contribution in [0.4, 0.5) is 0 Å². The predicted molar refractivity (Wildman–Crippen MR) is 151 cm³/mol. The van der Waals surface area contributed by atoms with Crippen LogP contribution in [0.15, 0.2) is 13.2 Å². The predicted octanol–water partition coefficient (Wildman–Crippen LogP) is 11.7. The van der Waals surface area contributed by atoms with Gasteiger partial charge in [0, 0.05) is 31.9 Å². The molecule has 3 nitrogen and oxygen atoms in total. The molecule has 0 amide bonds. The maximum Gasteiger partial charge on any atom is 0 e. The van der Waals surface area contributed by atoms with Crippen molar-refractivity contribution < 1.29 is 21.1 Å². The third-order valence-electron chi connectivity index (χ3n) is 3.39. The summed E-state index contributed by atoms with van der Waals surface area (Å²) in [6.45, 7) is 30.0. The van der Waals surface area contributed by atoms with E-state index in [1.54, 1.807) is 6.92 Å². The van der Waals surface area contributed by atoms with Gasteiger partial charge in [0.15, 0.2) is 0 Å². The molecule has 0 unspecified atom stereocenters. The normalized spacial score (nSPS) is 11.4. The Labute approximate surface area is 222 Å². The van der Waals surface area contributed by atoms with E-state index in [9.17, 15) is 0 Å². The van der Waals surface area contributed by atoms with Gasteiger partial charge in [-0.1, -0.05) is 147 Å². The van der Waals surface area contributed by atoms with E-state index in [-0.39, 0.29) is 27.2 Å². The SMILES string of the molecule is C#CC.C1CCCCC1.C=C.CC.CC.CC.CC.CC.CC1CCCCC1.N.N#N.[Pt]. The molecule has 0 spiro atoms. The van der Waals surface area contributed by atoms with Crippen LogP contribution in [-0.4, -0.2) is 0 Å². The number of hydrogen-bond acceptors (Lipinski definition) is 3. The molecule has 0 saturated heterocycles. The van der Waals surface area contributed by atoms with Gasteiger partial charge in [-0.25, -0.2) is 0 Å². The Kier molecular flexibility index (Phi) is 251. The van der Waals surface area contributed by atoms with Gasteiger partial charge in [-0.15, -0.1) is 25.5 Å². The van der Waals surface area contributed by atoms with Crippen molar-refractivity contribution in [3.8, 4) is 12.3 Å². The van der Waals surface area contributed by atoms with E-state index in [0.717, 1.165) is 5.92 Å². The molecule has 0 aliphatic heterocycles. The summed E-state index contributed by atoms with van der Waals surface area (Å²) in [6, 6.07) is 0. The molecular weight excluding hydrogens is 573 g/mol. The first kappa shape index (κ1) is 63.4. The van der Waals surface area contributed by atoms with Crippen molar-refractivity contribution in [3.05, 3.63) is 13.2 Å². The maximum absolute atomic E-state index is 6.00. The number of rotatable bonds is 0. The number of terminal acetylenes is 1. The van der Waals surface area contributed by atoms with Gasteiger partial charge in [-0.2, -0.15) is 0 Å². The van der Waals surface area contributed by atoms with E-state index in [1.807, 2.05) is 69.2 Å². The van der Waals surface area contributed by atoms with Gasteiger partial charge < -0.3 is 6.15 Å². The third kappa shape index (κ3) is 132. The first-order valence-corrected chi connectivity index (χ1v) is 12.9. The Bertz CT molecular complexity index is 205. The first-order chi connectivity index (χ1) is 14.8. The Morgan fingerprint density at radius 3 is 0.812 bits per heavy atom. The van der Waals surface area contributed by atoms with Crippen molar-refractivity contribution in [2.45, 2.75) is 154 Å². The van der Waals surface area contributed by atoms with Crippen LogP contribution in [-0.2, 0) is 21.1 Å². The van der Waals surface area contributed by atoms with Gasteiger partial charge in [0.05, 0.1) is 0 Å². The van der Waals surface area contributed by atoms with E-state index < -0.39 is 0 Å². The minimum absolute atomic E-state index is 0. The Hall–Kier alpha value is -0.632. The van der Waals surface area contributed by atoms with Crippen LogP contribution < -0.4 is 6.15 Å². The zero-order valence-corrected chi connectivity index (χ0v) is 27.0. The monoisotopic (exact) mass is 640 g/mol. The molecular formula is C28H67N3Pt. The Balaban J connectivity index is -0.0000000224. The Morgan fingerprint density at radius 1 is 0.594 bits per heavy atom. The summed E-state index contributed by atoms with van der Waals surface area (Å²) < 4.78 is 0. The zero-order valence-electron chi connectivity index (χ0n) is 24.8. The maximum atomic E-state index is 6.00. The summed E-state index contributed by atoms with van der Waals surface area (Å²) in [5, 5.41) is 12.0. The molecule has 3 N–H and O–H groups in total. The van der Waals surface area contributed by atoms with Gasteiger partial charge in [0.1, 0.15) is 0 Å². The molecule has 0 radical (unpaired) electrons. The van der Waals surface area contributed by atoms with Crippen molar-refractivity contribution >= 4 is 0 Å². The summed E-state index contributed by atoms with van der Waals surface area (Å²) in [4.78, 5) is 0. The number of nitrogens with zero attached hydrogens (tertiary/aromatic N) is 2. The topological polar surface area (TPSA) is 82.6 Å². The molecule has 0 atom stereocenters. The summed E-state index contributed by atoms with van der Waals surface area (Å²) in [7, 11) is 0. The molecule has 2 aliphatic rings. The van der Waals surface area contributed by atoms with Crippen molar-refractivity contribution in [1.82, 2.24) is 6.15 Å². The fraction of sp³-hybridized carbons (Fsp3) is 0.857. The van der Waals surface area contributed by atoms with E-state index in [0.29, 0.717) is 0 Å². The Morgan fingerprint density at radius 2 is 0.719 bits per heavy atom. The zero-order chi connectivity index (χ0) is 26.1. The molecule has 2 aliphatic carbocycles. The second-order valence-electron chi connectivity index (χ2n) is 5.15. The van der Waals surface area contributed by atoms with Crippen LogP contribution in [0.5, 0.6) is 0 Å². The van der Waals surface area contributed by atoms with Crippen molar-refractivity contribution in [2.24, 2.45) is 5.92 Å². The van der Waals surface area contributed by atoms with E-state index in [1.165, 1.54) is 70.6 Å². The van der Waals surface area contributed by atoms with Crippen LogP contribution in [0.1, 0.15) is 154 Å². The van der Waals surface area contributed by atoms with Crippen LogP contribution in [0.25, 0.3) is 0 Å². The molecule has 0 bridgehead atoms. The average molecular weight is 641 g/mol.